The molecular formula is C16H15BrFN3. The summed E-state index contributed by atoms with van der Waals surface area (Å²) in [6.45, 7) is 2.61. The lowest BCUT2D eigenvalue weighted by molar-refractivity contribution is 0.618. The van der Waals surface area contributed by atoms with E-state index in [2.05, 4.69) is 20.9 Å². The van der Waals surface area contributed by atoms with Crippen LogP contribution in [0.15, 0.2) is 51.9 Å². The van der Waals surface area contributed by atoms with Crippen molar-refractivity contribution >= 4 is 27.6 Å². The lowest BCUT2D eigenvalue weighted by Gasteiger charge is -2.27. The van der Waals surface area contributed by atoms with Gasteiger partial charge in [0.2, 0.25) is 0 Å². The van der Waals surface area contributed by atoms with Gasteiger partial charge in [0.25, 0.3) is 0 Å². The normalized spacial score (nSPS) is 18.0. The summed E-state index contributed by atoms with van der Waals surface area (Å²) < 4.78 is 13.9. The van der Waals surface area contributed by atoms with Crippen LogP contribution in [0.1, 0.15) is 17.2 Å². The van der Waals surface area contributed by atoms with E-state index in [-0.39, 0.29) is 11.9 Å². The second kappa shape index (κ2) is 5.48. The number of anilines is 1. The monoisotopic (exact) mass is 347 g/mol. The van der Waals surface area contributed by atoms with Crippen LogP contribution in [-0.2, 0) is 0 Å². The summed E-state index contributed by atoms with van der Waals surface area (Å²) >= 11 is 3.23. The van der Waals surface area contributed by atoms with Gasteiger partial charge in [-0.15, -0.1) is 0 Å². The molecule has 0 amide bonds. The molecule has 0 spiro atoms. The lowest BCUT2D eigenvalue weighted by Crippen LogP contribution is -2.36. The molecule has 21 heavy (non-hydrogen) atoms. The number of hydrogen-bond donors (Lipinski definition) is 1. The van der Waals surface area contributed by atoms with Crippen molar-refractivity contribution < 1.29 is 4.39 Å². The molecule has 0 radical (unpaired) electrons. The van der Waals surface area contributed by atoms with Crippen molar-refractivity contribution in [3.63, 3.8) is 0 Å². The quantitative estimate of drug-likeness (QED) is 0.898. The molecule has 0 aliphatic carbocycles. The van der Waals surface area contributed by atoms with Crippen LogP contribution in [0.4, 0.5) is 10.1 Å². The molecule has 2 N–H and O–H groups in total. The van der Waals surface area contributed by atoms with Gasteiger partial charge in [0.15, 0.2) is 5.96 Å². The highest BCUT2D eigenvalue weighted by molar-refractivity contribution is 9.10. The fourth-order valence-electron chi connectivity index (χ4n) is 2.49. The van der Waals surface area contributed by atoms with Crippen LogP contribution < -0.4 is 10.6 Å². The average Bonchev–Trinajstić information content (AvgIpc) is 2.85. The first-order valence-electron chi connectivity index (χ1n) is 6.67. The summed E-state index contributed by atoms with van der Waals surface area (Å²) in [7, 11) is 0. The number of benzene rings is 2. The topological polar surface area (TPSA) is 41.6 Å². The number of halogens is 2. The molecule has 1 aliphatic heterocycles. The second-order valence-electron chi connectivity index (χ2n) is 5.09. The van der Waals surface area contributed by atoms with E-state index in [4.69, 9.17) is 5.73 Å². The predicted octanol–water partition coefficient (Wildman–Crippen LogP) is 3.77. The molecule has 2 aromatic carbocycles. The van der Waals surface area contributed by atoms with Crippen molar-refractivity contribution in [3.05, 3.63) is 63.9 Å². The summed E-state index contributed by atoms with van der Waals surface area (Å²) in [6, 6.07) is 13.1. The van der Waals surface area contributed by atoms with Crippen molar-refractivity contribution in [2.24, 2.45) is 10.7 Å². The maximum Gasteiger partial charge on any atom is 0.196 e. The van der Waals surface area contributed by atoms with Crippen molar-refractivity contribution in [2.45, 2.75) is 13.0 Å². The van der Waals surface area contributed by atoms with E-state index in [1.165, 1.54) is 11.6 Å². The van der Waals surface area contributed by atoms with E-state index in [0.29, 0.717) is 17.0 Å². The Morgan fingerprint density at radius 2 is 1.95 bits per heavy atom. The van der Waals surface area contributed by atoms with Gasteiger partial charge in [-0.25, -0.2) is 4.39 Å². The zero-order valence-corrected chi connectivity index (χ0v) is 13.1. The van der Waals surface area contributed by atoms with E-state index in [0.717, 1.165) is 11.3 Å². The first-order chi connectivity index (χ1) is 10.1. The number of nitrogens with two attached hydrogens (primary N) is 1. The number of rotatable bonds is 2. The zero-order valence-electron chi connectivity index (χ0n) is 11.6. The van der Waals surface area contributed by atoms with Gasteiger partial charge < -0.3 is 10.6 Å². The maximum absolute atomic E-state index is 13.4. The largest absolute Gasteiger partial charge is 0.369 e. The van der Waals surface area contributed by atoms with Crippen molar-refractivity contribution in [1.29, 1.82) is 0 Å². The van der Waals surface area contributed by atoms with Gasteiger partial charge in [-0.2, -0.15) is 0 Å². The molecule has 108 valence electrons. The van der Waals surface area contributed by atoms with Crippen LogP contribution in [0, 0.1) is 12.7 Å². The minimum atomic E-state index is -0.271. The Balaban J connectivity index is 1.98. The first-order valence-corrected chi connectivity index (χ1v) is 7.46. The van der Waals surface area contributed by atoms with E-state index < -0.39 is 0 Å². The van der Waals surface area contributed by atoms with Crippen molar-refractivity contribution in [1.82, 2.24) is 0 Å². The van der Waals surface area contributed by atoms with Gasteiger partial charge in [0.1, 0.15) is 5.82 Å². The SMILES string of the molecule is Cc1ccc(N2C(N)=NCC2c2ccc(F)c(Br)c2)cc1. The summed E-state index contributed by atoms with van der Waals surface area (Å²) in [4.78, 5) is 6.32. The third kappa shape index (κ3) is 2.65. The number of nitrogens with zero attached hydrogens (tertiary/aromatic N) is 2. The van der Waals surface area contributed by atoms with E-state index in [9.17, 15) is 4.39 Å². The summed E-state index contributed by atoms with van der Waals surface area (Å²) in [5.74, 6) is 0.219. The van der Waals surface area contributed by atoms with Crippen molar-refractivity contribution in [2.75, 3.05) is 11.4 Å². The molecule has 0 fully saturated rings. The van der Waals surface area contributed by atoms with Gasteiger partial charge in [-0.1, -0.05) is 23.8 Å². The molecule has 5 heteroatoms. The molecule has 3 rings (SSSR count). The Morgan fingerprint density at radius 1 is 1.24 bits per heavy atom. The molecular weight excluding hydrogens is 333 g/mol. The Morgan fingerprint density at radius 3 is 2.62 bits per heavy atom. The van der Waals surface area contributed by atoms with E-state index in [1.54, 1.807) is 12.1 Å². The highest BCUT2D eigenvalue weighted by Crippen LogP contribution is 2.32. The Hall–Kier alpha value is -1.88. The molecule has 0 aromatic heterocycles. The predicted molar refractivity (Wildman–Crippen MR) is 87.0 cm³/mol. The van der Waals surface area contributed by atoms with Crippen LogP contribution in [-0.4, -0.2) is 12.5 Å². The smallest absolute Gasteiger partial charge is 0.196 e. The zero-order chi connectivity index (χ0) is 15.0. The van der Waals surface area contributed by atoms with Crippen LogP contribution in [0.5, 0.6) is 0 Å². The molecule has 1 unspecified atom stereocenters. The molecule has 0 bridgehead atoms. The summed E-state index contributed by atoms with van der Waals surface area (Å²) in [5, 5.41) is 0. The number of hydrogen-bond acceptors (Lipinski definition) is 3. The Bertz CT molecular complexity index is 697. The molecule has 1 aliphatic rings. The minimum Gasteiger partial charge on any atom is -0.369 e. The molecule has 2 aromatic rings. The van der Waals surface area contributed by atoms with Crippen LogP contribution in [0.3, 0.4) is 0 Å². The van der Waals surface area contributed by atoms with Crippen LogP contribution in [0.25, 0.3) is 0 Å². The Kier molecular flexibility index (Phi) is 3.68. The fraction of sp³-hybridized carbons (Fsp3) is 0.188. The highest BCUT2D eigenvalue weighted by atomic mass is 79.9. The second-order valence-corrected chi connectivity index (χ2v) is 5.95. The summed E-state index contributed by atoms with van der Waals surface area (Å²) in [5.41, 5.74) is 9.19. The van der Waals surface area contributed by atoms with Gasteiger partial charge in [0, 0.05) is 5.69 Å². The number of aryl methyl sites for hydroxylation is 1. The fourth-order valence-corrected chi connectivity index (χ4v) is 2.89. The molecule has 0 saturated carbocycles. The Labute approximate surface area is 131 Å². The van der Waals surface area contributed by atoms with E-state index >= 15 is 0 Å². The third-order valence-corrected chi connectivity index (χ3v) is 4.23. The maximum atomic E-state index is 13.4. The van der Waals surface area contributed by atoms with Crippen LogP contribution in [0.2, 0.25) is 0 Å². The minimum absolute atomic E-state index is 0.00962. The van der Waals surface area contributed by atoms with Gasteiger partial charge in [-0.3, -0.25) is 4.99 Å². The first kappa shape index (κ1) is 14.1. The van der Waals surface area contributed by atoms with Gasteiger partial charge in [0.05, 0.1) is 17.1 Å². The van der Waals surface area contributed by atoms with Crippen molar-refractivity contribution in [3.8, 4) is 0 Å². The third-order valence-electron chi connectivity index (χ3n) is 3.63. The van der Waals surface area contributed by atoms with Gasteiger partial charge >= 0.3 is 0 Å². The molecule has 1 atom stereocenters. The molecule has 3 nitrogen and oxygen atoms in total. The average molecular weight is 348 g/mol. The standard InChI is InChI=1S/C16H15BrFN3/c1-10-2-5-12(6-3-10)21-15(9-20-16(21)19)11-4-7-14(18)13(17)8-11/h2-8,15H,9H2,1H3,(H2,19,20). The van der Waals surface area contributed by atoms with Crippen LogP contribution >= 0.6 is 15.9 Å². The van der Waals surface area contributed by atoms with Gasteiger partial charge in [-0.05, 0) is 52.7 Å². The lowest BCUT2D eigenvalue weighted by atomic mass is 10.1. The molecule has 0 saturated heterocycles. The highest BCUT2D eigenvalue weighted by Gasteiger charge is 2.29. The number of aliphatic imine (C=N–C) groups is 1. The van der Waals surface area contributed by atoms with E-state index in [1.807, 2.05) is 36.1 Å². The number of guanidine groups is 1. The molecule has 1 heterocycles. The summed E-state index contributed by atoms with van der Waals surface area (Å²) in [6.07, 6.45) is 0.